The fourth-order valence-corrected chi connectivity index (χ4v) is 2.90. The lowest BCUT2D eigenvalue weighted by Gasteiger charge is -2.10. The summed E-state index contributed by atoms with van der Waals surface area (Å²) in [6.45, 7) is 0. The zero-order valence-corrected chi connectivity index (χ0v) is 16.7. The number of methoxy groups -OCH3 is 2. The maximum atomic E-state index is 12.4. The van der Waals surface area contributed by atoms with Crippen LogP contribution in [0.25, 0.3) is 11.3 Å². The van der Waals surface area contributed by atoms with Crippen LogP contribution in [0.5, 0.6) is 11.5 Å². The Labute approximate surface area is 165 Å². The second-order valence-corrected chi connectivity index (χ2v) is 6.06. The normalized spacial score (nSPS) is 9.92. The molecule has 0 aliphatic heterocycles. The molecule has 3 aromatic rings. The molecule has 0 aliphatic carbocycles. The molecule has 2 aromatic carbocycles. The van der Waals surface area contributed by atoms with E-state index in [0.29, 0.717) is 27.9 Å². The molecule has 1 amide bonds. The van der Waals surface area contributed by atoms with Crippen LogP contribution in [0.3, 0.4) is 0 Å². The largest absolute Gasteiger partial charge is 0.493 e. The summed E-state index contributed by atoms with van der Waals surface area (Å²) in [5.74, 6) is 0.851. The molecule has 3 rings (SSSR count). The van der Waals surface area contributed by atoms with Crippen molar-refractivity contribution in [3.8, 4) is 22.8 Å². The summed E-state index contributed by atoms with van der Waals surface area (Å²) in [6, 6.07) is 12.4. The van der Waals surface area contributed by atoms with Gasteiger partial charge in [-0.25, -0.2) is 4.98 Å². The van der Waals surface area contributed by atoms with Crippen LogP contribution in [-0.4, -0.2) is 25.1 Å². The van der Waals surface area contributed by atoms with E-state index in [9.17, 15) is 4.79 Å². The van der Waals surface area contributed by atoms with Crippen LogP contribution in [-0.2, 0) is 0 Å². The predicted octanol–water partition coefficient (Wildman–Crippen LogP) is 4.24. The van der Waals surface area contributed by atoms with Crippen LogP contribution >= 0.6 is 28.3 Å². The van der Waals surface area contributed by atoms with Crippen LogP contribution in [0, 0.1) is 0 Å². The maximum Gasteiger partial charge on any atom is 0.255 e. The third-order valence-electron chi connectivity index (χ3n) is 3.61. The van der Waals surface area contributed by atoms with Crippen molar-refractivity contribution in [2.75, 3.05) is 25.3 Å². The predicted molar refractivity (Wildman–Crippen MR) is 110 cm³/mol. The number of carbonyl (C=O) groups excluding carboxylic acids is 1. The highest BCUT2D eigenvalue weighted by Gasteiger charge is 2.11. The van der Waals surface area contributed by atoms with Crippen molar-refractivity contribution in [3.63, 3.8) is 0 Å². The Morgan fingerprint density at radius 3 is 2.35 bits per heavy atom. The molecule has 0 saturated carbocycles. The van der Waals surface area contributed by atoms with Crippen LogP contribution in [0.2, 0.25) is 0 Å². The number of hydrogen-bond donors (Lipinski definition) is 2. The number of rotatable bonds is 5. The number of hydrogen-bond acceptors (Lipinski definition) is 6. The van der Waals surface area contributed by atoms with Gasteiger partial charge in [0.1, 0.15) is 0 Å². The van der Waals surface area contributed by atoms with E-state index in [1.54, 1.807) is 25.3 Å². The van der Waals surface area contributed by atoms with E-state index in [-0.39, 0.29) is 22.9 Å². The molecule has 0 spiro atoms. The van der Waals surface area contributed by atoms with Crippen LogP contribution in [0.1, 0.15) is 10.4 Å². The van der Waals surface area contributed by atoms with E-state index >= 15 is 0 Å². The van der Waals surface area contributed by atoms with E-state index in [1.807, 2.05) is 29.6 Å². The third kappa shape index (κ3) is 4.33. The Morgan fingerprint density at radius 2 is 1.77 bits per heavy atom. The number of thiazole rings is 1. The Balaban J connectivity index is 0.00000243. The first-order valence-electron chi connectivity index (χ1n) is 7.45. The summed E-state index contributed by atoms with van der Waals surface area (Å²) < 4.78 is 10.4. The monoisotopic (exact) mass is 435 g/mol. The van der Waals surface area contributed by atoms with Gasteiger partial charge in [-0.2, -0.15) is 0 Å². The molecule has 0 unspecified atom stereocenters. The molecule has 26 heavy (non-hydrogen) atoms. The summed E-state index contributed by atoms with van der Waals surface area (Å²) in [7, 11) is 3.08. The Bertz CT molecular complexity index is 897. The fraction of sp³-hybridized carbons (Fsp3) is 0.111. The van der Waals surface area contributed by atoms with Gasteiger partial charge >= 0.3 is 0 Å². The Kier molecular flexibility index (Phi) is 6.59. The molecule has 3 N–H and O–H groups in total. The van der Waals surface area contributed by atoms with Crippen molar-refractivity contribution < 1.29 is 14.3 Å². The van der Waals surface area contributed by atoms with Crippen LogP contribution < -0.4 is 20.5 Å². The van der Waals surface area contributed by atoms with Gasteiger partial charge in [-0.05, 0) is 30.3 Å². The van der Waals surface area contributed by atoms with E-state index in [0.717, 1.165) is 11.3 Å². The number of nitrogens with two attached hydrogens (primary N) is 1. The van der Waals surface area contributed by atoms with Crippen molar-refractivity contribution in [1.29, 1.82) is 0 Å². The second kappa shape index (κ2) is 8.68. The van der Waals surface area contributed by atoms with Gasteiger partial charge in [0.25, 0.3) is 5.91 Å². The number of nitrogen functional groups attached to an aromatic ring is 1. The summed E-state index contributed by atoms with van der Waals surface area (Å²) in [5, 5.41) is 5.28. The quantitative estimate of drug-likeness (QED) is 0.625. The fourth-order valence-electron chi connectivity index (χ4n) is 2.33. The average molecular weight is 436 g/mol. The molecule has 1 aromatic heterocycles. The maximum absolute atomic E-state index is 12.4. The zero-order valence-electron chi connectivity index (χ0n) is 14.2. The molecule has 136 valence electrons. The van der Waals surface area contributed by atoms with Crippen molar-refractivity contribution in [1.82, 2.24) is 4.98 Å². The van der Waals surface area contributed by atoms with Crippen molar-refractivity contribution >= 4 is 45.0 Å². The van der Waals surface area contributed by atoms with E-state index in [4.69, 9.17) is 15.2 Å². The topological polar surface area (TPSA) is 86.5 Å². The second-order valence-electron chi connectivity index (χ2n) is 5.17. The number of halogens is 1. The molecule has 1 heterocycles. The van der Waals surface area contributed by atoms with Gasteiger partial charge in [0.2, 0.25) is 0 Å². The summed E-state index contributed by atoms with van der Waals surface area (Å²) >= 11 is 1.39. The molecule has 6 nitrogen and oxygen atoms in total. The van der Waals surface area contributed by atoms with Crippen LogP contribution in [0.15, 0.2) is 47.8 Å². The minimum absolute atomic E-state index is 0. The lowest BCUT2D eigenvalue weighted by molar-refractivity contribution is 0.102. The average Bonchev–Trinajstić information content (AvgIpc) is 3.08. The van der Waals surface area contributed by atoms with E-state index in [1.165, 1.54) is 18.4 Å². The number of anilines is 2. The van der Waals surface area contributed by atoms with Crippen molar-refractivity contribution in [3.05, 3.63) is 53.4 Å². The van der Waals surface area contributed by atoms with E-state index < -0.39 is 0 Å². The van der Waals surface area contributed by atoms with Gasteiger partial charge in [0, 0.05) is 22.2 Å². The third-order valence-corrected chi connectivity index (χ3v) is 4.28. The number of nitrogens with one attached hydrogen (secondary N) is 1. The number of ether oxygens (including phenoxy) is 2. The van der Waals surface area contributed by atoms with Crippen molar-refractivity contribution in [2.45, 2.75) is 0 Å². The molecular weight excluding hydrogens is 418 g/mol. The summed E-state index contributed by atoms with van der Waals surface area (Å²) in [6.07, 6.45) is 0. The minimum atomic E-state index is -0.230. The number of amides is 1. The number of nitrogens with zero attached hydrogens (tertiary/aromatic N) is 1. The SMILES string of the molecule is Br.COc1ccc(C(=O)Nc2ccc(-c3csc(N)n3)cc2)cc1OC. The highest BCUT2D eigenvalue weighted by molar-refractivity contribution is 8.93. The first-order chi connectivity index (χ1) is 12.1. The molecule has 8 heteroatoms. The zero-order chi connectivity index (χ0) is 17.8. The van der Waals surface area contributed by atoms with Gasteiger partial charge in [-0.15, -0.1) is 28.3 Å². The number of aromatic nitrogens is 1. The number of carbonyl (C=O) groups is 1. The summed E-state index contributed by atoms with van der Waals surface area (Å²) in [5.41, 5.74) is 8.58. The lowest BCUT2D eigenvalue weighted by atomic mass is 10.1. The minimum Gasteiger partial charge on any atom is -0.493 e. The first kappa shape index (κ1) is 19.7. The first-order valence-corrected chi connectivity index (χ1v) is 8.33. The molecule has 0 atom stereocenters. The molecule has 0 fully saturated rings. The molecule has 0 saturated heterocycles. The molecule has 0 bridgehead atoms. The highest BCUT2D eigenvalue weighted by Crippen LogP contribution is 2.28. The van der Waals surface area contributed by atoms with Gasteiger partial charge < -0.3 is 20.5 Å². The van der Waals surface area contributed by atoms with Crippen molar-refractivity contribution in [2.24, 2.45) is 0 Å². The van der Waals surface area contributed by atoms with Gasteiger partial charge in [0.05, 0.1) is 19.9 Å². The van der Waals surface area contributed by atoms with Crippen LogP contribution in [0.4, 0.5) is 10.8 Å². The van der Waals surface area contributed by atoms with Gasteiger partial charge in [-0.1, -0.05) is 12.1 Å². The summed E-state index contributed by atoms with van der Waals surface area (Å²) in [4.78, 5) is 16.6. The Morgan fingerprint density at radius 1 is 1.08 bits per heavy atom. The molecular formula is C18H18BrN3O3S. The number of benzene rings is 2. The van der Waals surface area contributed by atoms with E-state index in [2.05, 4.69) is 10.3 Å². The highest BCUT2D eigenvalue weighted by atomic mass is 79.9. The van der Waals surface area contributed by atoms with Gasteiger partial charge in [0.15, 0.2) is 16.6 Å². The standard InChI is InChI=1S/C18H17N3O3S.BrH/c1-23-15-8-5-12(9-16(15)24-2)17(22)20-13-6-3-11(4-7-13)14-10-25-18(19)21-14;/h3-10H,1-2H3,(H2,19,21)(H,20,22);1H. The molecule has 0 radical (unpaired) electrons. The van der Waals surface area contributed by atoms with Gasteiger partial charge in [-0.3, -0.25) is 4.79 Å². The lowest BCUT2D eigenvalue weighted by Crippen LogP contribution is -2.12. The smallest absolute Gasteiger partial charge is 0.255 e. The Hall–Kier alpha value is -2.58. The molecule has 0 aliphatic rings.